The molecule has 0 aromatic heterocycles. The summed E-state index contributed by atoms with van der Waals surface area (Å²) in [6.07, 6.45) is 0. The van der Waals surface area contributed by atoms with Gasteiger partial charge in [-0.25, -0.2) is 0 Å². The lowest BCUT2D eigenvalue weighted by Gasteiger charge is -2.44. The van der Waals surface area contributed by atoms with E-state index in [4.69, 9.17) is 9.47 Å². The minimum Gasteiger partial charge on any atom is -0.504 e. The Balaban J connectivity index is 2.20. The molecule has 3 N–H and O–H groups in total. The van der Waals surface area contributed by atoms with Gasteiger partial charge < -0.3 is 19.7 Å². The van der Waals surface area contributed by atoms with E-state index in [1.807, 2.05) is 0 Å². The van der Waals surface area contributed by atoms with Gasteiger partial charge >= 0.3 is 0 Å². The number of hydrogen-bond donors (Lipinski definition) is 3. The van der Waals surface area contributed by atoms with Crippen LogP contribution in [0, 0.1) is 25.6 Å². The van der Waals surface area contributed by atoms with E-state index in [1.54, 1.807) is 0 Å². The molecule has 0 aliphatic carbocycles. The molecule has 0 unspecified atom stereocenters. The summed E-state index contributed by atoms with van der Waals surface area (Å²) in [5.74, 6) is -0.00848. The number of nitrogens with zero attached hydrogens (tertiary/aromatic N) is 2. The molecule has 2 aromatic rings. The van der Waals surface area contributed by atoms with Gasteiger partial charge in [-0.3, -0.25) is 25.5 Å². The van der Waals surface area contributed by atoms with E-state index in [1.165, 1.54) is 64.5 Å². The van der Waals surface area contributed by atoms with Gasteiger partial charge in [-0.1, -0.05) is 12.1 Å². The first-order valence-corrected chi connectivity index (χ1v) is 9.79. The first kappa shape index (κ1) is 23.1. The van der Waals surface area contributed by atoms with Crippen LogP contribution in [0.25, 0.3) is 0 Å². The largest absolute Gasteiger partial charge is 0.504 e. The Hall–Kier alpha value is -3.60. The van der Waals surface area contributed by atoms with Crippen molar-refractivity contribution in [3.05, 3.63) is 67.8 Å². The minimum absolute atomic E-state index is 0.128. The Morgan fingerprint density at radius 1 is 0.844 bits per heavy atom. The van der Waals surface area contributed by atoms with E-state index in [-0.39, 0.29) is 23.0 Å². The third kappa shape index (κ3) is 3.86. The lowest BCUT2D eigenvalue weighted by molar-refractivity contribution is -0.605. The number of nitro groups is 2. The van der Waals surface area contributed by atoms with Crippen LogP contribution in [0.2, 0.25) is 0 Å². The second-order valence-corrected chi connectivity index (χ2v) is 8.27. The van der Waals surface area contributed by atoms with Crippen LogP contribution in [0.5, 0.6) is 23.0 Å². The fourth-order valence-corrected chi connectivity index (χ4v) is 4.53. The van der Waals surface area contributed by atoms with Crippen molar-refractivity contribution in [2.45, 2.75) is 38.0 Å². The monoisotopic (exact) mass is 447 g/mol. The summed E-state index contributed by atoms with van der Waals surface area (Å²) in [5, 5.41) is 47.2. The van der Waals surface area contributed by atoms with E-state index in [2.05, 4.69) is 5.32 Å². The highest BCUT2D eigenvalue weighted by Crippen LogP contribution is 2.48. The van der Waals surface area contributed by atoms with Crippen LogP contribution < -0.4 is 14.8 Å². The maximum absolute atomic E-state index is 12.1. The van der Waals surface area contributed by atoms with Crippen LogP contribution in [0.4, 0.5) is 0 Å². The zero-order valence-corrected chi connectivity index (χ0v) is 18.0. The van der Waals surface area contributed by atoms with E-state index >= 15 is 0 Å². The van der Waals surface area contributed by atoms with Gasteiger partial charge in [0, 0.05) is 9.85 Å². The third-order valence-corrected chi connectivity index (χ3v) is 6.10. The number of benzene rings is 2. The summed E-state index contributed by atoms with van der Waals surface area (Å²) in [6, 6.07) is 4.11. The van der Waals surface area contributed by atoms with Crippen molar-refractivity contribution >= 4 is 0 Å². The number of piperidine rings is 1. The number of phenolic OH excluding ortho intramolecular Hbond substituents is 2. The summed E-state index contributed by atoms with van der Waals surface area (Å²) in [4.78, 5) is 23.3. The summed E-state index contributed by atoms with van der Waals surface area (Å²) in [5.41, 5.74) is -0.511. The number of hydrogen-bond acceptors (Lipinski definition) is 9. The first-order chi connectivity index (χ1) is 15.0. The highest BCUT2D eigenvalue weighted by Gasteiger charge is 2.63. The Labute approximate surface area is 183 Å². The predicted molar refractivity (Wildman–Crippen MR) is 113 cm³/mol. The molecule has 1 saturated heterocycles. The molecule has 4 atom stereocenters. The number of ether oxygens (including phenoxy) is 2. The van der Waals surface area contributed by atoms with Crippen LogP contribution in [-0.2, 0) is 0 Å². The fourth-order valence-electron chi connectivity index (χ4n) is 4.53. The number of rotatable bonds is 6. The molecule has 11 nitrogen and oxygen atoms in total. The van der Waals surface area contributed by atoms with Crippen molar-refractivity contribution in [1.29, 1.82) is 0 Å². The second kappa shape index (κ2) is 8.50. The quantitative estimate of drug-likeness (QED) is 0.447. The molecule has 0 amide bonds. The zero-order valence-electron chi connectivity index (χ0n) is 18.0. The van der Waals surface area contributed by atoms with Crippen LogP contribution in [0.3, 0.4) is 0 Å². The van der Waals surface area contributed by atoms with Crippen molar-refractivity contribution in [3.63, 3.8) is 0 Å². The van der Waals surface area contributed by atoms with E-state index in [0.29, 0.717) is 11.1 Å². The minimum atomic E-state index is -1.39. The molecular weight excluding hydrogens is 422 g/mol. The normalized spacial score (nSPS) is 24.5. The van der Waals surface area contributed by atoms with Crippen LogP contribution in [0.1, 0.15) is 37.1 Å². The molecule has 1 heterocycles. The van der Waals surface area contributed by atoms with E-state index < -0.39 is 39.4 Å². The van der Waals surface area contributed by atoms with Crippen molar-refractivity contribution in [2.75, 3.05) is 14.2 Å². The third-order valence-electron chi connectivity index (χ3n) is 6.10. The molecule has 0 saturated carbocycles. The highest BCUT2D eigenvalue weighted by atomic mass is 16.6. The van der Waals surface area contributed by atoms with Gasteiger partial charge in [0.25, 0.3) is 0 Å². The van der Waals surface area contributed by atoms with Gasteiger partial charge in [-0.15, -0.1) is 0 Å². The average Bonchev–Trinajstić information content (AvgIpc) is 2.72. The summed E-state index contributed by atoms with van der Waals surface area (Å²) in [7, 11) is 2.71. The zero-order chi connectivity index (χ0) is 23.8. The second-order valence-electron chi connectivity index (χ2n) is 8.27. The lowest BCUT2D eigenvalue weighted by atomic mass is 9.66. The fraction of sp³-hybridized carbons (Fsp3) is 0.429. The maximum Gasteiger partial charge on any atom is 0.243 e. The first-order valence-electron chi connectivity index (χ1n) is 9.79. The Morgan fingerprint density at radius 2 is 1.22 bits per heavy atom. The topological polar surface area (TPSA) is 157 Å². The van der Waals surface area contributed by atoms with Crippen LogP contribution in [0.15, 0.2) is 36.4 Å². The molecular formula is C21H25N3O8. The van der Waals surface area contributed by atoms with Gasteiger partial charge in [-0.2, -0.15) is 0 Å². The van der Waals surface area contributed by atoms with Crippen LogP contribution in [-0.4, -0.2) is 46.4 Å². The Bertz CT molecular complexity index is 962. The van der Waals surface area contributed by atoms with E-state index in [9.17, 15) is 30.4 Å². The molecule has 1 aliphatic heterocycles. The molecule has 11 heteroatoms. The van der Waals surface area contributed by atoms with Gasteiger partial charge in [0.2, 0.25) is 12.1 Å². The molecule has 32 heavy (non-hydrogen) atoms. The molecule has 0 bridgehead atoms. The number of aromatic hydroxyl groups is 2. The van der Waals surface area contributed by atoms with Crippen molar-refractivity contribution < 1.29 is 29.5 Å². The maximum atomic E-state index is 12.1. The molecule has 0 spiro atoms. The van der Waals surface area contributed by atoms with Gasteiger partial charge in [0.05, 0.1) is 14.2 Å². The predicted octanol–water partition coefficient (Wildman–Crippen LogP) is 2.82. The lowest BCUT2D eigenvalue weighted by Crippen LogP contribution is -2.63. The van der Waals surface area contributed by atoms with E-state index in [0.717, 1.165) is 0 Å². The van der Waals surface area contributed by atoms with Crippen molar-refractivity contribution in [2.24, 2.45) is 5.41 Å². The number of nitrogens with one attached hydrogen (secondary N) is 1. The van der Waals surface area contributed by atoms with Crippen molar-refractivity contribution in [1.82, 2.24) is 5.32 Å². The molecule has 172 valence electrons. The number of methoxy groups -OCH3 is 2. The molecule has 1 fully saturated rings. The molecule has 1 aliphatic rings. The molecule has 0 radical (unpaired) electrons. The SMILES string of the molecule is COc1cc([C@H]2N[C@@H](c3ccc(O)c(OC)c3)[C@H]([N+](=O)[O-])C(C)(C)[C@@H]2[N+](=O)[O-])ccc1O. The van der Waals surface area contributed by atoms with Gasteiger partial charge in [0.1, 0.15) is 17.5 Å². The molecule has 2 aromatic carbocycles. The van der Waals surface area contributed by atoms with Gasteiger partial charge in [-0.05, 0) is 49.2 Å². The smallest absolute Gasteiger partial charge is 0.243 e. The summed E-state index contributed by atoms with van der Waals surface area (Å²) in [6.45, 7) is 3.01. The van der Waals surface area contributed by atoms with Gasteiger partial charge in [0.15, 0.2) is 23.0 Å². The Kier molecular flexibility index (Phi) is 6.13. The standard InChI is InChI=1S/C21H25N3O8/c1-21(2)19(23(27)28)17(11-5-7-13(25)15(9-11)31-3)22-18(20(21)24(29)30)12-6-8-14(26)16(10-12)32-4/h5-10,17-20,22,25-26H,1-4H3/t17-,18+,19-,20+. The van der Waals surface area contributed by atoms with Crippen molar-refractivity contribution in [3.8, 4) is 23.0 Å². The average molecular weight is 447 g/mol. The van der Waals surface area contributed by atoms with Crippen LogP contribution >= 0.6 is 0 Å². The highest BCUT2D eigenvalue weighted by molar-refractivity contribution is 5.45. The summed E-state index contributed by atoms with van der Waals surface area (Å²) >= 11 is 0. The number of phenols is 2. The Morgan fingerprint density at radius 3 is 1.53 bits per heavy atom. The molecule has 3 rings (SSSR count). The summed E-state index contributed by atoms with van der Waals surface area (Å²) < 4.78 is 10.3.